The summed E-state index contributed by atoms with van der Waals surface area (Å²) < 4.78 is 87.3. The SMILES string of the molecule is CCOC(=O)CO.CCOC(=O)COC(=O)Nc1cc(C(F)(F)F)ccc1Cl.O=C=Nc1cc(C(F)(F)F)ccc1Cl. The molecular formula is C24H22Cl2F6N2O8. The van der Waals surface area contributed by atoms with Gasteiger partial charge < -0.3 is 19.3 Å². The lowest BCUT2D eigenvalue weighted by Crippen LogP contribution is -2.20. The van der Waals surface area contributed by atoms with Crippen LogP contribution in [0.15, 0.2) is 41.4 Å². The number of nitrogens with one attached hydrogen (secondary N) is 1. The van der Waals surface area contributed by atoms with Gasteiger partial charge in [0.15, 0.2) is 6.61 Å². The Labute approximate surface area is 244 Å². The molecule has 0 bridgehead atoms. The topological polar surface area (TPSA) is 141 Å². The van der Waals surface area contributed by atoms with Gasteiger partial charge in [-0.3, -0.25) is 5.32 Å². The van der Waals surface area contributed by atoms with Crippen LogP contribution in [0.5, 0.6) is 0 Å². The zero-order valence-corrected chi connectivity index (χ0v) is 23.1. The zero-order chi connectivity index (χ0) is 32.5. The van der Waals surface area contributed by atoms with E-state index in [9.17, 15) is 45.5 Å². The van der Waals surface area contributed by atoms with E-state index in [4.69, 9.17) is 28.3 Å². The molecule has 0 fully saturated rings. The molecule has 42 heavy (non-hydrogen) atoms. The summed E-state index contributed by atoms with van der Waals surface area (Å²) in [5, 5.41) is 9.88. The summed E-state index contributed by atoms with van der Waals surface area (Å²) in [7, 11) is 0. The number of alkyl halides is 6. The van der Waals surface area contributed by atoms with Crippen LogP contribution in [0, 0.1) is 0 Å². The summed E-state index contributed by atoms with van der Waals surface area (Å²) >= 11 is 11.2. The van der Waals surface area contributed by atoms with Crippen LogP contribution in [0.1, 0.15) is 25.0 Å². The third-order valence-electron chi connectivity index (χ3n) is 4.03. The Kier molecular flexibility index (Phi) is 16.9. The molecule has 0 aromatic heterocycles. The van der Waals surface area contributed by atoms with Crippen molar-refractivity contribution in [1.82, 2.24) is 0 Å². The third-order valence-corrected chi connectivity index (χ3v) is 4.68. The average Bonchev–Trinajstić information content (AvgIpc) is 2.90. The van der Waals surface area contributed by atoms with Crippen molar-refractivity contribution < 1.29 is 64.8 Å². The molecule has 18 heteroatoms. The smallest absolute Gasteiger partial charge is 0.416 e. The van der Waals surface area contributed by atoms with Gasteiger partial charge in [-0.25, -0.2) is 19.2 Å². The molecule has 0 saturated heterocycles. The highest BCUT2D eigenvalue weighted by Crippen LogP contribution is 2.35. The number of anilines is 1. The van der Waals surface area contributed by atoms with Crippen molar-refractivity contribution in [3.63, 3.8) is 0 Å². The summed E-state index contributed by atoms with van der Waals surface area (Å²) in [5.41, 5.74) is -2.40. The molecule has 2 aromatic rings. The standard InChI is InChI=1S/C12H11ClF3NO4.C8H3ClF3NO.C4H8O3/c1-2-20-10(18)6-21-11(19)17-9-5-7(12(14,15)16)3-4-8(9)13;9-6-2-1-5(8(10,11)12)3-7(6)13-4-14;1-2-7-4(6)3-5/h3-5H,2,6H2,1H3,(H,17,19);1-3H;5H,2-3H2,1H3. The molecule has 0 aliphatic rings. The average molecular weight is 651 g/mol. The normalized spacial score (nSPS) is 10.5. The number of amides is 1. The van der Waals surface area contributed by atoms with E-state index in [0.29, 0.717) is 18.7 Å². The molecule has 0 spiro atoms. The van der Waals surface area contributed by atoms with Gasteiger partial charge in [-0.05, 0) is 50.2 Å². The first kappa shape index (κ1) is 38.1. The van der Waals surface area contributed by atoms with Crippen molar-refractivity contribution in [2.24, 2.45) is 4.99 Å². The molecule has 2 aromatic carbocycles. The number of aliphatic hydroxyl groups excluding tert-OH is 1. The number of rotatable bonds is 7. The number of halogens is 8. The van der Waals surface area contributed by atoms with Crippen LogP contribution < -0.4 is 5.32 Å². The number of carbonyl (C=O) groups is 3. The Hall–Kier alpha value is -3.85. The molecular weight excluding hydrogens is 629 g/mol. The third kappa shape index (κ3) is 15.2. The number of hydrogen-bond donors (Lipinski definition) is 2. The first-order chi connectivity index (χ1) is 19.5. The van der Waals surface area contributed by atoms with Crippen LogP contribution >= 0.6 is 23.2 Å². The van der Waals surface area contributed by atoms with E-state index in [2.05, 4.69) is 19.2 Å². The minimum absolute atomic E-state index is 0.0265. The van der Waals surface area contributed by atoms with E-state index >= 15 is 0 Å². The minimum Gasteiger partial charge on any atom is -0.464 e. The molecule has 2 N–H and O–H groups in total. The van der Waals surface area contributed by atoms with Crippen LogP contribution in [0.3, 0.4) is 0 Å². The molecule has 232 valence electrons. The maximum absolute atomic E-state index is 12.5. The lowest BCUT2D eigenvalue weighted by Gasteiger charge is -2.11. The van der Waals surface area contributed by atoms with Crippen molar-refractivity contribution in [3.8, 4) is 0 Å². The number of isocyanates is 1. The highest BCUT2D eigenvalue weighted by Gasteiger charge is 2.32. The van der Waals surface area contributed by atoms with E-state index in [1.165, 1.54) is 0 Å². The highest BCUT2D eigenvalue weighted by atomic mass is 35.5. The fourth-order valence-electron chi connectivity index (χ4n) is 2.30. The van der Waals surface area contributed by atoms with Gasteiger partial charge in [0.2, 0.25) is 6.08 Å². The molecule has 0 unspecified atom stereocenters. The van der Waals surface area contributed by atoms with Gasteiger partial charge in [0.25, 0.3) is 0 Å². The monoisotopic (exact) mass is 650 g/mol. The van der Waals surface area contributed by atoms with Gasteiger partial charge in [-0.1, -0.05) is 23.2 Å². The number of benzene rings is 2. The molecule has 0 aliphatic heterocycles. The molecule has 2 rings (SSSR count). The van der Waals surface area contributed by atoms with Gasteiger partial charge in [0, 0.05) is 0 Å². The van der Waals surface area contributed by atoms with E-state index in [0.717, 1.165) is 30.3 Å². The fourth-order valence-corrected chi connectivity index (χ4v) is 2.63. The number of carbonyl (C=O) groups excluding carboxylic acids is 4. The predicted octanol–water partition coefficient (Wildman–Crippen LogP) is 6.34. The largest absolute Gasteiger partial charge is 0.464 e. The molecule has 0 saturated carbocycles. The van der Waals surface area contributed by atoms with Gasteiger partial charge in [0.1, 0.15) is 6.61 Å². The second-order valence-electron chi connectivity index (χ2n) is 7.03. The number of esters is 2. The van der Waals surface area contributed by atoms with Crippen LogP contribution in [-0.2, 0) is 40.9 Å². The van der Waals surface area contributed by atoms with E-state index in [1.807, 2.05) is 5.32 Å². The van der Waals surface area contributed by atoms with Crippen molar-refractivity contribution >= 4 is 58.7 Å². The van der Waals surface area contributed by atoms with Crippen molar-refractivity contribution in [2.75, 3.05) is 31.7 Å². The second kappa shape index (κ2) is 18.6. The molecule has 0 radical (unpaired) electrons. The quantitative estimate of drug-likeness (QED) is 0.116. The minimum atomic E-state index is -4.57. The fraction of sp³-hybridized carbons (Fsp3) is 0.333. The molecule has 0 aliphatic carbocycles. The van der Waals surface area contributed by atoms with Crippen molar-refractivity contribution in [1.29, 1.82) is 0 Å². The number of ether oxygens (including phenoxy) is 3. The summed E-state index contributed by atoms with van der Waals surface area (Å²) in [5.74, 6) is -1.34. The Morgan fingerprint density at radius 1 is 0.857 bits per heavy atom. The van der Waals surface area contributed by atoms with Crippen molar-refractivity contribution in [3.05, 3.63) is 57.6 Å². The number of aliphatic imine (C=N–C) groups is 1. The predicted molar refractivity (Wildman–Crippen MR) is 136 cm³/mol. The van der Waals surface area contributed by atoms with Gasteiger partial charge in [0.05, 0.1) is 45.8 Å². The maximum atomic E-state index is 12.5. The molecule has 1 amide bonds. The Morgan fingerprint density at radius 2 is 1.36 bits per heavy atom. The van der Waals surface area contributed by atoms with Crippen LogP contribution in [0.25, 0.3) is 0 Å². The van der Waals surface area contributed by atoms with Crippen molar-refractivity contribution in [2.45, 2.75) is 26.2 Å². The summed E-state index contributed by atoms with van der Waals surface area (Å²) in [6.07, 6.45) is -9.04. The van der Waals surface area contributed by atoms with Crippen LogP contribution in [0.2, 0.25) is 10.0 Å². The molecule has 10 nitrogen and oxygen atoms in total. The Balaban J connectivity index is 0.000000685. The van der Waals surface area contributed by atoms with Gasteiger partial charge in [-0.15, -0.1) is 0 Å². The number of aliphatic hydroxyl groups is 1. The summed E-state index contributed by atoms with van der Waals surface area (Å²) in [6.45, 7) is 2.53. The zero-order valence-electron chi connectivity index (χ0n) is 21.6. The molecule has 0 heterocycles. The van der Waals surface area contributed by atoms with Crippen LogP contribution in [-0.4, -0.2) is 55.6 Å². The Morgan fingerprint density at radius 3 is 1.81 bits per heavy atom. The first-order valence-electron chi connectivity index (χ1n) is 11.2. The lowest BCUT2D eigenvalue weighted by molar-refractivity contribution is -0.147. The second-order valence-corrected chi connectivity index (χ2v) is 7.84. The summed E-state index contributed by atoms with van der Waals surface area (Å²) in [4.78, 5) is 45.1. The first-order valence-corrected chi connectivity index (χ1v) is 11.9. The number of hydrogen-bond acceptors (Lipinski definition) is 9. The Bertz CT molecular complexity index is 1250. The van der Waals surface area contributed by atoms with E-state index < -0.39 is 54.7 Å². The lowest BCUT2D eigenvalue weighted by atomic mass is 10.2. The summed E-state index contributed by atoms with van der Waals surface area (Å²) in [6, 6.07) is 4.96. The van der Waals surface area contributed by atoms with Gasteiger partial charge >= 0.3 is 30.4 Å². The molecule has 0 atom stereocenters. The number of nitrogens with zero attached hydrogens (tertiary/aromatic N) is 1. The van der Waals surface area contributed by atoms with E-state index in [1.54, 1.807) is 13.8 Å². The van der Waals surface area contributed by atoms with Gasteiger partial charge in [-0.2, -0.15) is 31.3 Å². The van der Waals surface area contributed by atoms with E-state index in [-0.39, 0.29) is 28.0 Å². The van der Waals surface area contributed by atoms with Crippen LogP contribution in [0.4, 0.5) is 42.5 Å². The maximum Gasteiger partial charge on any atom is 0.416 e. The highest BCUT2D eigenvalue weighted by molar-refractivity contribution is 6.33.